The summed E-state index contributed by atoms with van der Waals surface area (Å²) in [5.74, 6) is 0.469. The number of benzene rings is 1. The lowest BCUT2D eigenvalue weighted by atomic mass is 9.97. The number of hydrogen-bond acceptors (Lipinski definition) is 8. The van der Waals surface area contributed by atoms with Crippen LogP contribution in [0, 0.1) is 0 Å². The molecular formula is C26H42ClN5O5S. The van der Waals surface area contributed by atoms with Crippen molar-refractivity contribution in [3.63, 3.8) is 0 Å². The maximum atomic E-state index is 13.6. The van der Waals surface area contributed by atoms with Gasteiger partial charge in [0, 0.05) is 58.5 Å². The van der Waals surface area contributed by atoms with Crippen molar-refractivity contribution in [1.29, 1.82) is 0 Å². The van der Waals surface area contributed by atoms with Gasteiger partial charge in [0.05, 0.1) is 24.2 Å². The zero-order valence-corrected chi connectivity index (χ0v) is 24.3. The maximum absolute atomic E-state index is 13.6. The van der Waals surface area contributed by atoms with Crippen molar-refractivity contribution < 1.29 is 23.1 Å². The van der Waals surface area contributed by atoms with E-state index in [1.165, 1.54) is 4.31 Å². The van der Waals surface area contributed by atoms with E-state index in [1.807, 2.05) is 18.9 Å². The molecule has 3 heterocycles. The molecule has 1 unspecified atom stereocenters. The Morgan fingerprint density at radius 1 is 1.08 bits per heavy atom. The van der Waals surface area contributed by atoms with Crippen molar-refractivity contribution in [2.45, 2.75) is 44.0 Å². The molecule has 1 atom stereocenters. The highest BCUT2D eigenvalue weighted by molar-refractivity contribution is 7.89. The Hall–Kier alpha value is -1.89. The highest BCUT2D eigenvalue weighted by Gasteiger charge is 2.40. The van der Waals surface area contributed by atoms with Gasteiger partial charge in [0.2, 0.25) is 10.0 Å². The zero-order chi connectivity index (χ0) is 26.6. The molecule has 1 amide bonds. The maximum Gasteiger partial charge on any atom is 0.268 e. The van der Waals surface area contributed by atoms with Crippen LogP contribution in [0.25, 0.3) is 0 Å². The second-order valence-corrected chi connectivity index (χ2v) is 12.0. The summed E-state index contributed by atoms with van der Waals surface area (Å²) in [4.78, 5) is 19.7. The van der Waals surface area contributed by atoms with Gasteiger partial charge in [-0.3, -0.25) is 9.69 Å². The Morgan fingerprint density at radius 2 is 1.82 bits per heavy atom. The first-order valence-electron chi connectivity index (χ1n) is 13.4. The SMILES string of the molecule is CCCOc1ccc(S(=O)(=O)N2CCN(CCCO)CC2)cc1C1NC(=O)C2=C1CN(CCC)CN2C.Cl. The second-order valence-electron chi connectivity index (χ2n) is 10.0. The Balaban J connectivity index is 0.00000400. The van der Waals surface area contributed by atoms with Crippen molar-refractivity contribution in [3.8, 4) is 5.75 Å². The molecule has 0 aromatic heterocycles. The third-order valence-corrected chi connectivity index (χ3v) is 9.12. The molecule has 1 aromatic rings. The van der Waals surface area contributed by atoms with E-state index in [9.17, 15) is 13.2 Å². The van der Waals surface area contributed by atoms with Gasteiger partial charge in [-0.2, -0.15) is 4.31 Å². The molecule has 0 saturated carbocycles. The van der Waals surface area contributed by atoms with E-state index < -0.39 is 16.1 Å². The van der Waals surface area contributed by atoms with Crippen LogP contribution in [0.15, 0.2) is 34.4 Å². The molecule has 0 radical (unpaired) electrons. The van der Waals surface area contributed by atoms with Gasteiger partial charge < -0.3 is 25.0 Å². The van der Waals surface area contributed by atoms with E-state index in [2.05, 4.69) is 22.0 Å². The van der Waals surface area contributed by atoms with Crippen molar-refractivity contribution in [3.05, 3.63) is 35.0 Å². The fourth-order valence-corrected chi connectivity index (χ4v) is 6.90. The van der Waals surface area contributed by atoms with Crippen LogP contribution in [0.1, 0.15) is 44.7 Å². The molecule has 1 fully saturated rings. The zero-order valence-electron chi connectivity index (χ0n) is 22.7. The number of carbonyl (C=O) groups is 1. The quantitative estimate of drug-likeness (QED) is 0.413. The number of rotatable bonds is 11. The highest BCUT2D eigenvalue weighted by atomic mass is 35.5. The van der Waals surface area contributed by atoms with Gasteiger partial charge in [0.25, 0.3) is 5.91 Å². The van der Waals surface area contributed by atoms with Crippen LogP contribution >= 0.6 is 12.4 Å². The third-order valence-electron chi connectivity index (χ3n) is 7.23. The number of halogens is 1. The predicted octanol–water partition coefficient (Wildman–Crippen LogP) is 1.63. The number of likely N-dealkylation sites (N-methyl/N-ethyl adjacent to an activating group) is 1. The molecule has 214 valence electrons. The van der Waals surface area contributed by atoms with Gasteiger partial charge in [-0.25, -0.2) is 8.42 Å². The first-order chi connectivity index (χ1) is 17.8. The van der Waals surface area contributed by atoms with Crippen LogP contribution in [-0.2, 0) is 14.8 Å². The number of amides is 1. The first-order valence-corrected chi connectivity index (χ1v) is 14.8. The minimum Gasteiger partial charge on any atom is -0.493 e. The summed E-state index contributed by atoms with van der Waals surface area (Å²) in [6.07, 6.45) is 2.51. The molecule has 3 aliphatic rings. The van der Waals surface area contributed by atoms with Crippen molar-refractivity contribution in [1.82, 2.24) is 24.3 Å². The molecule has 2 N–H and O–H groups in total. The van der Waals surface area contributed by atoms with Gasteiger partial charge >= 0.3 is 0 Å². The van der Waals surface area contributed by atoms with Crippen LogP contribution in [0.4, 0.5) is 0 Å². The summed E-state index contributed by atoms with van der Waals surface area (Å²) < 4.78 is 34.9. The van der Waals surface area contributed by atoms with Crippen molar-refractivity contribution in [2.24, 2.45) is 0 Å². The molecule has 38 heavy (non-hydrogen) atoms. The number of aliphatic hydroxyl groups excluding tert-OH is 1. The van der Waals surface area contributed by atoms with Gasteiger partial charge in [-0.1, -0.05) is 13.8 Å². The normalized spacial score (nSPS) is 21.3. The number of sulfonamides is 1. The van der Waals surface area contributed by atoms with Gasteiger partial charge in [0.1, 0.15) is 11.4 Å². The number of carbonyl (C=O) groups excluding carboxylic acids is 1. The van der Waals surface area contributed by atoms with E-state index in [0.29, 0.717) is 69.4 Å². The number of hydrogen-bond donors (Lipinski definition) is 2. The molecule has 0 spiro atoms. The molecule has 3 aliphatic heterocycles. The lowest BCUT2D eigenvalue weighted by molar-refractivity contribution is -0.118. The summed E-state index contributed by atoms with van der Waals surface area (Å²) >= 11 is 0. The first kappa shape index (κ1) is 30.6. The monoisotopic (exact) mass is 571 g/mol. The predicted molar refractivity (Wildman–Crippen MR) is 149 cm³/mol. The lowest BCUT2D eigenvalue weighted by Gasteiger charge is -2.35. The fourth-order valence-electron chi connectivity index (χ4n) is 5.44. The van der Waals surface area contributed by atoms with Gasteiger partial charge in [0.15, 0.2) is 0 Å². The number of ether oxygens (including phenoxy) is 1. The number of piperazine rings is 1. The molecule has 12 heteroatoms. The molecule has 10 nitrogen and oxygen atoms in total. The summed E-state index contributed by atoms with van der Waals surface area (Å²) in [7, 11) is -1.79. The minimum absolute atomic E-state index is 0. The van der Waals surface area contributed by atoms with Crippen LogP contribution in [0.5, 0.6) is 5.75 Å². The number of nitrogens with zero attached hydrogens (tertiary/aromatic N) is 4. The average molecular weight is 572 g/mol. The molecule has 1 saturated heterocycles. The third kappa shape index (κ3) is 6.46. The molecule has 0 aliphatic carbocycles. The molecule has 0 bridgehead atoms. The number of nitrogens with one attached hydrogen (secondary N) is 1. The summed E-state index contributed by atoms with van der Waals surface area (Å²) in [5, 5.41) is 12.2. The van der Waals surface area contributed by atoms with E-state index in [0.717, 1.165) is 31.5 Å². The van der Waals surface area contributed by atoms with Crippen LogP contribution in [0.2, 0.25) is 0 Å². The average Bonchev–Trinajstić information content (AvgIpc) is 3.22. The van der Waals surface area contributed by atoms with Crippen LogP contribution < -0.4 is 10.1 Å². The summed E-state index contributed by atoms with van der Waals surface area (Å²) in [6.45, 7) is 9.90. The minimum atomic E-state index is -3.72. The fraction of sp³-hybridized carbons (Fsp3) is 0.654. The van der Waals surface area contributed by atoms with Crippen molar-refractivity contribution in [2.75, 3.05) is 72.7 Å². The van der Waals surface area contributed by atoms with Crippen molar-refractivity contribution >= 4 is 28.3 Å². The Kier molecular flexibility index (Phi) is 10.8. The highest BCUT2D eigenvalue weighted by Crippen LogP contribution is 2.40. The van der Waals surface area contributed by atoms with E-state index in [4.69, 9.17) is 9.84 Å². The van der Waals surface area contributed by atoms with Crippen LogP contribution in [0.3, 0.4) is 0 Å². The smallest absolute Gasteiger partial charge is 0.268 e. The lowest BCUT2D eigenvalue weighted by Crippen LogP contribution is -2.48. The summed E-state index contributed by atoms with van der Waals surface area (Å²) in [6, 6.07) is 4.60. The Morgan fingerprint density at radius 3 is 2.47 bits per heavy atom. The number of aliphatic hydroxyl groups is 1. The topological polar surface area (TPSA) is 106 Å². The van der Waals surface area contributed by atoms with E-state index in [1.54, 1.807) is 18.2 Å². The standard InChI is InChI=1S/C26H41N5O5S.ClH/c1-4-9-30-18-22-24(27-26(33)25(22)28(3)19-30)21-17-20(7-8-23(21)36-16-5-2)37(34,35)31-13-11-29(12-14-31)10-6-15-32;/h7-8,17,24,32H,4-6,9-16,18-19H2,1-3H3,(H,27,33);1H. The Labute approximate surface area is 233 Å². The van der Waals surface area contributed by atoms with E-state index in [-0.39, 0.29) is 29.8 Å². The largest absolute Gasteiger partial charge is 0.493 e. The molecular weight excluding hydrogens is 530 g/mol. The Bertz CT molecular complexity index is 1110. The second kappa shape index (κ2) is 13.5. The van der Waals surface area contributed by atoms with Crippen LogP contribution in [-0.4, -0.2) is 111 Å². The van der Waals surface area contributed by atoms with Gasteiger partial charge in [-0.15, -0.1) is 12.4 Å². The van der Waals surface area contributed by atoms with Gasteiger partial charge in [-0.05, 0) is 49.6 Å². The van der Waals surface area contributed by atoms with E-state index >= 15 is 0 Å². The molecule has 1 aromatic carbocycles. The molecule has 4 rings (SSSR count). The summed E-state index contributed by atoms with van der Waals surface area (Å²) in [5.41, 5.74) is 2.31.